The van der Waals surface area contributed by atoms with Crippen LogP contribution < -0.4 is 5.32 Å². The molecular formula is C14H12BrFN2OS. The van der Waals surface area contributed by atoms with Crippen molar-refractivity contribution in [1.82, 2.24) is 4.98 Å². The van der Waals surface area contributed by atoms with E-state index in [0.717, 1.165) is 15.0 Å². The highest BCUT2D eigenvalue weighted by Gasteiger charge is 2.06. The van der Waals surface area contributed by atoms with Crippen molar-refractivity contribution >= 4 is 44.4 Å². The quantitative estimate of drug-likeness (QED) is 0.834. The SMILES string of the molecule is Cc1nc(NC(=O)C=Cc2cc(Br)ccc2F)sc1C. The van der Waals surface area contributed by atoms with E-state index >= 15 is 0 Å². The number of halogens is 2. The lowest BCUT2D eigenvalue weighted by Gasteiger charge is -1.98. The Morgan fingerprint density at radius 3 is 2.85 bits per heavy atom. The summed E-state index contributed by atoms with van der Waals surface area (Å²) >= 11 is 4.67. The fourth-order valence-electron chi connectivity index (χ4n) is 1.48. The van der Waals surface area contributed by atoms with Gasteiger partial charge in [-0.25, -0.2) is 9.37 Å². The standard InChI is InChI=1S/C14H12BrFN2OS/c1-8-9(2)20-14(17-8)18-13(19)6-3-10-7-11(15)4-5-12(10)16/h3-7H,1-2H3,(H,17,18,19). The van der Waals surface area contributed by atoms with Gasteiger partial charge in [0.05, 0.1) is 5.69 Å². The first-order valence-corrected chi connectivity index (χ1v) is 7.45. The number of rotatable bonds is 3. The molecule has 3 nitrogen and oxygen atoms in total. The van der Waals surface area contributed by atoms with Crippen molar-refractivity contribution in [3.8, 4) is 0 Å². The summed E-state index contributed by atoms with van der Waals surface area (Å²) in [6.45, 7) is 3.82. The van der Waals surface area contributed by atoms with Crippen LogP contribution in [0.1, 0.15) is 16.1 Å². The van der Waals surface area contributed by atoms with E-state index < -0.39 is 0 Å². The molecule has 0 saturated heterocycles. The minimum Gasteiger partial charge on any atom is -0.298 e. The summed E-state index contributed by atoms with van der Waals surface area (Å²) in [5.41, 5.74) is 1.24. The summed E-state index contributed by atoms with van der Waals surface area (Å²) < 4.78 is 14.2. The van der Waals surface area contributed by atoms with Crippen LogP contribution in [0.3, 0.4) is 0 Å². The Morgan fingerprint density at radius 1 is 1.45 bits per heavy atom. The molecule has 2 aromatic rings. The molecule has 0 unspecified atom stereocenters. The highest BCUT2D eigenvalue weighted by molar-refractivity contribution is 9.10. The fourth-order valence-corrected chi connectivity index (χ4v) is 2.68. The Kier molecular flexibility index (Phi) is 4.67. The van der Waals surface area contributed by atoms with Gasteiger partial charge in [0.15, 0.2) is 5.13 Å². The van der Waals surface area contributed by atoms with Crippen LogP contribution in [0.5, 0.6) is 0 Å². The molecule has 1 N–H and O–H groups in total. The lowest BCUT2D eigenvalue weighted by atomic mass is 10.2. The molecule has 0 saturated carbocycles. The summed E-state index contributed by atoms with van der Waals surface area (Å²) in [7, 11) is 0. The van der Waals surface area contributed by atoms with E-state index in [1.165, 1.54) is 29.6 Å². The predicted molar refractivity (Wildman–Crippen MR) is 83.4 cm³/mol. The maximum absolute atomic E-state index is 13.5. The van der Waals surface area contributed by atoms with E-state index in [0.29, 0.717) is 10.7 Å². The number of benzene rings is 1. The molecule has 0 aliphatic carbocycles. The Labute approximate surface area is 128 Å². The van der Waals surface area contributed by atoms with Gasteiger partial charge in [-0.1, -0.05) is 15.9 Å². The van der Waals surface area contributed by atoms with E-state index in [1.54, 1.807) is 12.1 Å². The van der Waals surface area contributed by atoms with E-state index in [9.17, 15) is 9.18 Å². The number of hydrogen-bond acceptors (Lipinski definition) is 3. The highest BCUT2D eigenvalue weighted by Crippen LogP contribution is 2.21. The molecule has 0 fully saturated rings. The minimum atomic E-state index is -0.377. The topological polar surface area (TPSA) is 42.0 Å². The van der Waals surface area contributed by atoms with Gasteiger partial charge in [0, 0.05) is 21.0 Å². The van der Waals surface area contributed by atoms with E-state index in [-0.39, 0.29) is 11.7 Å². The molecule has 6 heteroatoms. The summed E-state index contributed by atoms with van der Waals surface area (Å²) in [5.74, 6) is -0.712. The Bertz CT molecular complexity index is 662. The average Bonchev–Trinajstić information content (AvgIpc) is 2.69. The number of anilines is 1. The first-order valence-electron chi connectivity index (χ1n) is 5.84. The van der Waals surface area contributed by atoms with Gasteiger partial charge in [0.1, 0.15) is 5.82 Å². The monoisotopic (exact) mass is 354 g/mol. The van der Waals surface area contributed by atoms with Gasteiger partial charge in [-0.3, -0.25) is 10.1 Å². The molecule has 1 heterocycles. The Morgan fingerprint density at radius 2 is 2.20 bits per heavy atom. The Hall–Kier alpha value is -1.53. The van der Waals surface area contributed by atoms with Crippen LogP contribution in [-0.4, -0.2) is 10.9 Å². The second-order valence-corrected chi connectivity index (χ2v) is 6.27. The van der Waals surface area contributed by atoms with Crippen molar-refractivity contribution in [2.24, 2.45) is 0 Å². The van der Waals surface area contributed by atoms with Crippen LogP contribution in [0, 0.1) is 19.7 Å². The average molecular weight is 355 g/mol. The zero-order valence-electron chi connectivity index (χ0n) is 10.9. The number of aromatic nitrogens is 1. The lowest BCUT2D eigenvalue weighted by Crippen LogP contribution is -2.07. The van der Waals surface area contributed by atoms with Gasteiger partial charge in [-0.05, 0) is 38.1 Å². The highest BCUT2D eigenvalue weighted by atomic mass is 79.9. The number of carbonyl (C=O) groups is 1. The van der Waals surface area contributed by atoms with Gasteiger partial charge in [0.2, 0.25) is 5.91 Å². The van der Waals surface area contributed by atoms with Gasteiger partial charge < -0.3 is 0 Å². The zero-order chi connectivity index (χ0) is 14.7. The van der Waals surface area contributed by atoms with Gasteiger partial charge >= 0.3 is 0 Å². The molecule has 20 heavy (non-hydrogen) atoms. The van der Waals surface area contributed by atoms with Crippen LogP contribution in [0.15, 0.2) is 28.7 Å². The van der Waals surface area contributed by atoms with E-state index in [4.69, 9.17) is 0 Å². The number of nitrogens with one attached hydrogen (secondary N) is 1. The van der Waals surface area contributed by atoms with Crippen molar-refractivity contribution in [3.05, 3.63) is 50.7 Å². The number of hydrogen-bond donors (Lipinski definition) is 1. The molecule has 0 aliphatic heterocycles. The molecule has 1 aromatic carbocycles. The molecule has 0 radical (unpaired) electrons. The molecule has 104 valence electrons. The van der Waals surface area contributed by atoms with Crippen molar-refractivity contribution in [1.29, 1.82) is 0 Å². The first kappa shape index (κ1) is 14.9. The number of amides is 1. The maximum atomic E-state index is 13.5. The lowest BCUT2D eigenvalue weighted by molar-refractivity contribution is -0.111. The molecule has 0 bridgehead atoms. The van der Waals surface area contributed by atoms with Crippen LogP contribution >= 0.6 is 27.3 Å². The predicted octanol–water partition coefficient (Wildman–Crippen LogP) is 4.31. The van der Waals surface area contributed by atoms with E-state index in [2.05, 4.69) is 26.2 Å². The number of aryl methyl sites for hydroxylation is 2. The third kappa shape index (κ3) is 3.74. The van der Waals surface area contributed by atoms with Crippen LogP contribution in [0.2, 0.25) is 0 Å². The fraction of sp³-hybridized carbons (Fsp3) is 0.143. The molecular weight excluding hydrogens is 343 g/mol. The van der Waals surface area contributed by atoms with Crippen molar-refractivity contribution in [2.45, 2.75) is 13.8 Å². The summed E-state index contributed by atoms with van der Waals surface area (Å²) in [6.07, 6.45) is 2.72. The zero-order valence-corrected chi connectivity index (χ0v) is 13.3. The largest absolute Gasteiger partial charge is 0.298 e. The minimum absolute atomic E-state index is 0.335. The third-order valence-corrected chi connectivity index (χ3v) is 4.11. The maximum Gasteiger partial charge on any atom is 0.250 e. The summed E-state index contributed by atoms with van der Waals surface area (Å²) in [5, 5.41) is 3.20. The molecule has 1 aromatic heterocycles. The first-order chi connectivity index (χ1) is 9.45. The summed E-state index contributed by atoms with van der Waals surface area (Å²) in [6, 6.07) is 4.56. The third-order valence-electron chi connectivity index (χ3n) is 2.63. The van der Waals surface area contributed by atoms with Crippen LogP contribution in [0.25, 0.3) is 6.08 Å². The van der Waals surface area contributed by atoms with Crippen molar-refractivity contribution in [3.63, 3.8) is 0 Å². The molecule has 0 atom stereocenters. The second-order valence-electron chi connectivity index (χ2n) is 4.15. The molecule has 0 aliphatic rings. The van der Waals surface area contributed by atoms with Gasteiger partial charge in [-0.2, -0.15) is 0 Å². The van der Waals surface area contributed by atoms with Crippen molar-refractivity contribution in [2.75, 3.05) is 5.32 Å². The Balaban J connectivity index is 2.07. The van der Waals surface area contributed by atoms with Gasteiger partial charge in [-0.15, -0.1) is 11.3 Å². The molecule has 1 amide bonds. The second kappa shape index (κ2) is 6.28. The summed E-state index contributed by atoms with van der Waals surface area (Å²) in [4.78, 5) is 17.0. The molecule has 2 rings (SSSR count). The number of nitrogens with zero attached hydrogens (tertiary/aromatic N) is 1. The van der Waals surface area contributed by atoms with Crippen LogP contribution in [0.4, 0.5) is 9.52 Å². The number of thiazole rings is 1. The van der Waals surface area contributed by atoms with Gasteiger partial charge in [0.25, 0.3) is 0 Å². The van der Waals surface area contributed by atoms with Crippen molar-refractivity contribution < 1.29 is 9.18 Å². The normalized spacial score (nSPS) is 11.0. The van der Waals surface area contributed by atoms with E-state index in [1.807, 2.05) is 13.8 Å². The molecule has 0 spiro atoms. The number of carbonyl (C=O) groups excluding carboxylic acids is 1. The van der Waals surface area contributed by atoms with Crippen LogP contribution in [-0.2, 0) is 4.79 Å². The smallest absolute Gasteiger partial charge is 0.250 e.